The second-order valence-corrected chi connectivity index (χ2v) is 7.59. The fraction of sp³-hybridized carbons (Fsp3) is 0.450. The molecule has 1 N–H and O–H groups in total. The number of amides is 1. The van der Waals surface area contributed by atoms with E-state index in [9.17, 15) is 4.79 Å². The summed E-state index contributed by atoms with van der Waals surface area (Å²) >= 11 is 1.73. The Kier molecular flexibility index (Phi) is 5.16. The molecule has 0 bridgehead atoms. The van der Waals surface area contributed by atoms with Gasteiger partial charge in [0.05, 0.1) is 5.41 Å². The summed E-state index contributed by atoms with van der Waals surface area (Å²) in [6.45, 7) is 2.88. The summed E-state index contributed by atoms with van der Waals surface area (Å²) in [5, 5.41) is 5.34. The van der Waals surface area contributed by atoms with Crippen LogP contribution in [0.5, 0.6) is 0 Å². The van der Waals surface area contributed by atoms with Crippen LogP contribution in [0.4, 0.5) is 0 Å². The number of benzene rings is 1. The van der Waals surface area contributed by atoms with E-state index in [1.165, 1.54) is 16.9 Å². The molecule has 0 radical (unpaired) electrons. The molecule has 2 aromatic rings. The predicted octanol–water partition coefficient (Wildman–Crippen LogP) is 4.87. The molecule has 1 aliphatic carbocycles. The largest absolute Gasteiger partial charge is 0.355 e. The summed E-state index contributed by atoms with van der Waals surface area (Å²) in [6, 6.07) is 14.6. The SMILES string of the molecule is C[C@H](CNC(=O)C1(c2cccs2)CCCCC1)c1ccccc1. The molecule has 1 saturated carbocycles. The molecule has 1 heterocycles. The highest BCUT2D eigenvalue weighted by atomic mass is 32.1. The Hall–Kier alpha value is -1.61. The fourth-order valence-electron chi connectivity index (χ4n) is 3.61. The fourth-order valence-corrected chi connectivity index (χ4v) is 4.59. The van der Waals surface area contributed by atoms with Crippen molar-refractivity contribution in [3.8, 4) is 0 Å². The summed E-state index contributed by atoms with van der Waals surface area (Å²) in [5.41, 5.74) is 0.990. The van der Waals surface area contributed by atoms with Crippen molar-refractivity contribution < 1.29 is 4.79 Å². The van der Waals surface area contributed by atoms with Crippen molar-refractivity contribution >= 4 is 17.2 Å². The van der Waals surface area contributed by atoms with Crippen molar-refractivity contribution in [1.29, 1.82) is 0 Å². The lowest BCUT2D eigenvalue weighted by molar-refractivity contribution is -0.128. The van der Waals surface area contributed by atoms with Crippen LogP contribution in [-0.2, 0) is 10.2 Å². The molecule has 0 saturated heterocycles. The molecule has 2 nitrogen and oxygen atoms in total. The van der Waals surface area contributed by atoms with Crippen molar-refractivity contribution in [2.45, 2.75) is 50.4 Å². The average molecular weight is 327 g/mol. The van der Waals surface area contributed by atoms with Gasteiger partial charge in [0.2, 0.25) is 5.91 Å². The number of rotatable bonds is 5. The third-order valence-electron chi connectivity index (χ3n) is 5.07. The molecule has 0 unspecified atom stereocenters. The van der Waals surface area contributed by atoms with E-state index in [4.69, 9.17) is 0 Å². The Morgan fingerprint density at radius 1 is 1.13 bits per heavy atom. The van der Waals surface area contributed by atoms with E-state index in [1.807, 2.05) is 6.07 Å². The van der Waals surface area contributed by atoms with Gasteiger partial charge in [-0.15, -0.1) is 11.3 Å². The predicted molar refractivity (Wildman–Crippen MR) is 96.9 cm³/mol. The summed E-state index contributed by atoms with van der Waals surface area (Å²) in [4.78, 5) is 14.3. The monoisotopic (exact) mass is 327 g/mol. The molecule has 122 valence electrons. The van der Waals surface area contributed by atoms with Gasteiger partial charge in [-0.25, -0.2) is 0 Å². The Morgan fingerprint density at radius 2 is 1.87 bits per heavy atom. The normalized spacial score (nSPS) is 18.3. The van der Waals surface area contributed by atoms with Crippen molar-refractivity contribution in [3.63, 3.8) is 0 Å². The maximum atomic E-state index is 13.0. The van der Waals surface area contributed by atoms with Crippen molar-refractivity contribution in [2.24, 2.45) is 0 Å². The minimum atomic E-state index is -0.289. The van der Waals surface area contributed by atoms with Crippen LogP contribution in [-0.4, -0.2) is 12.5 Å². The lowest BCUT2D eigenvalue weighted by Crippen LogP contribution is -2.46. The van der Waals surface area contributed by atoms with E-state index in [2.05, 4.69) is 54.0 Å². The number of carbonyl (C=O) groups is 1. The molecule has 3 rings (SSSR count). The van der Waals surface area contributed by atoms with Gasteiger partial charge in [0, 0.05) is 11.4 Å². The second kappa shape index (κ2) is 7.31. The molecular formula is C20H25NOS. The van der Waals surface area contributed by atoms with Gasteiger partial charge in [0.25, 0.3) is 0 Å². The Morgan fingerprint density at radius 3 is 2.52 bits per heavy atom. The minimum absolute atomic E-state index is 0.224. The zero-order valence-electron chi connectivity index (χ0n) is 13.8. The Labute approximate surface area is 142 Å². The van der Waals surface area contributed by atoms with Gasteiger partial charge in [-0.3, -0.25) is 4.79 Å². The topological polar surface area (TPSA) is 29.1 Å². The summed E-state index contributed by atoms with van der Waals surface area (Å²) in [6.07, 6.45) is 5.53. The first-order chi connectivity index (χ1) is 11.2. The molecule has 3 heteroatoms. The number of hydrogen-bond donors (Lipinski definition) is 1. The maximum Gasteiger partial charge on any atom is 0.231 e. The molecule has 1 fully saturated rings. The number of carbonyl (C=O) groups excluding carboxylic acids is 1. The number of nitrogens with one attached hydrogen (secondary N) is 1. The standard InChI is InChI=1S/C20H25NOS/c1-16(17-9-4-2-5-10-17)15-21-19(22)20(12-6-3-7-13-20)18-11-8-14-23-18/h2,4-5,8-11,14,16H,3,6-7,12-13,15H2,1H3,(H,21,22)/t16-/m1/s1. The van der Waals surface area contributed by atoms with E-state index >= 15 is 0 Å². The summed E-state index contributed by atoms with van der Waals surface area (Å²) in [5.74, 6) is 0.562. The van der Waals surface area contributed by atoms with Crippen LogP contribution >= 0.6 is 11.3 Å². The lowest BCUT2D eigenvalue weighted by atomic mass is 9.72. The van der Waals surface area contributed by atoms with E-state index < -0.39 is 0 Å². The molecule has 1 atom stereocenters. The highest BCUT2D eigenvalue weighted by Crippen LogP contribution is 2.41. The van der Waals surface area contributed by atoms with Gasteiger partial charge in [0.15, 0.2) is 0 Å². The third-order valence-corrected chi connectivity index (χ3v) is 6.15. The first-order valence-corrected chi connectivity index (χ1v) is 9.47. The van der Waals surface area contributed by atoms with E-state index in [0.29, 0.717) is 12.5 Å². The molecule has 1 aromatic heterocycles. The zero-order chi connectivity index (χ0) is 16.1. The third kappa shape index (κ3) is 3.50. The molecule has 1 aromatic carbocycles. The van der Waals surface area contributed by atoms with E-state index in [-0.39, 0.29) is 11.3 Å². The molecule has 23 heavy (non-hydrogen) atoms. The van der Waals surface area contributed by atoms with Gasteiger partial charge in [0.1, 0.15) is 0 Å². The van der Waals surface area contributed by atoms with Gasteiger partial charge in [-0.05, 0) is 35.8 Å². The maximum absolute atomic E-state index is 13.0. The first kappa shape index (κ1) is 16.3. The summed E-state index contributed by atoms with van der Waals surface area (Å²) < 4.78 is 0. The average Bonchev–Trinajstić information content (AvgIpc) is 3.16. The van der Waals surface area contributed by atoms with Gasteiger partial charge in [-0.1, -0.05) is 62.6 Å². The molecule has 0 aliphatic heterocycles. The van der Waals surface area contributed by atoms with Gasteiger partial charge in [-0.2, -0.15) is 0 Å². The van der Waals surface area contributed by atoms with Crippen LogP contribution in [0, 0.1) is 0 Å². The Balaban J connectivity index is 1.70. The molecule has 0 spiro atoms. The molecular weight excluding hydrogens is 302 g/mol. The minimum Gasteiger partial charge on any atom is -0.355 e. The Bertz CT molecular complexity index is 614. The summed E-state index contributed by atoms with van der Waals surface area (Å²) in [7, 11) is 0. The van der Waals surface area contributed by atoms with Crippen LogP contribution in [0.2, 0.25) is 0 Å². The van der Waals surface area contributed by atoms with Crippen molar-refractivity contribution in [2.75, 3.05) is 6.54 Å². The molecule has 1 aliphatic rings. The van der Waals surface area contributed by atoms with Crippen LogP contribution in [0.3, 0.4) is 0 Å². The second-order valence-electron chi connectivity index (χ2n) is 6.64. The smallest absolute Gasteiger partial charge is 0.231 e. The van der Waals surface area contributed by atoms with Gasteiger partial charge < -0.3 is 5.32 Å². The van der Waals surface area contributed by atoms with Crippen LogP contribution in [0.25, 0.3) is 0 Å². The first-order valence-electron chi connectivity index (χ1n) is 8.59. The highest BCUT2D eigenvalue weighted by molar-refractivity contribution is 7.10. The van der Waals surface area contributed by atoms with Gasteiger partial charge >= 0.3 is 0 Å². The van der Waals surface area contributed by atoms with Crippen LogP contribution in [0.1, 0.15) is 55.4 Å². The lowest BCUT2D eigenvalue weighted by Gasteiger charge is -2.35. The van der Waals surface area contributed by atoms with Crippen molar-refractivity contribution in [1.82, 2.24) is 5.32 Å². The number of hydrogen-bond acceptors (Lipinski definition) is 2. The quantitative estimate of drug-likeness (QED) is 0.834. The zero-order valence-corrected chi connectivity index (χ0v) is 14.6. The van der Waals surface area contributed by atoms with Crippen LogP contribution < -0.4 is 5.32 Å². The van der Waals surface area contributed by atoms with Crippen LogP contribution in [0.15, 0.2) is 47.8 Å². The number of thiophene rings is 1. The van der Waals surface area contributed by atoms with E-state index in [0.717, 1.165) is 25.7 Å². The van der Waals surface area contributed by atoms with E-state index in [1.54, 1.807) is 11.3 Å². The highest BCUT2D eigenvalue weighted by Gasteiger charge is 2.41. The molecule has 1 amide bonds. The van der Waals surface area contributed by atoms with Crippen molar-refractivity contribution in [3.05, 3.63) is 58.3 Å².